The molecule has 0 radical (unpaired) electrons. The lowest BCUT2D eigenvalue weighted by Gasteiger charge is -2.22. The lowest BCUT2D eigenvalue weighted by molar-refractivity contribution is -0.137. The average Bonchev–Trinajstić information content (AvgIpc) is 3.59. The Kier molecular flexibility index (Phi) is 6.50. The number of hydrogen-bond donors (Lipinski definition) is 2. The number of nitrogens with zero attached hydrogens (tertiary/aromatic N) is 2. The van der Waals surface area contributed by atoms with E-state index >= 15 is 0 Å². The standard InChI is InChI=1S/C26H25N3O5S/c30-24(31)12-16-6-5-11-29(16)25(32)22-13-27-23(35-22)14-28-26(33)34-15-21-19-9-3-1-7-17(19)18-8-2-4-10-20(18)21/h1-4,7-10,13,16,21H,5-6,11-12,14-15H2,(H,28,33)(H,30,31)/t16-/m0/s1. The lowest BCUT2D eigenvalue weighted by atomic mass is 9.98. The minimum atomic E-state index is -0.910. The molecule has 2 N–H and O–H groups in total. The van der Waals surface area contributed by atoms with Crippen LogP contribution in [-0.4, -0.2) is 52.2 Å². The van der Waals surface area contributed by atoms with E-state index in [4.69, 9.17) is 9.84 Å². The molecule has 9 heteroatoms. The maximum absolute atomic E-state index is 12.8. The van der Waals surface area contributed by atoms with Crippen molar-refractivity contribution in [2.75, 3.05) is 13.2 Å². The van der Waals surface area contributed by atoms with Gasteiger partial charge in [0.15, 0.2) is 0 Å². The molecule has 0 spiro atoms. The molecule has 1 atom stereocenters. The van der Waals surface area contributed by atoms with Gasteiger partial charge in [0.25, 0.3) is 5.91 Å². The molecule has 2 aromatic carbocycles. The number of aliphatic carboxylic acids is 1. The van der Waals surface area contributed by atoms with E-state index in [1.165, 1.54) is 28.7 Å². The van der Waals surface area contributed by atoms with Gasteiger partial charge >= 0.3 is 12.1 Å². The number of benzene rings is 2. The number of amides is 2. The zero-order chi connectivity index (χ0) is 24.4. The van der Waals surface area contributed by atoms with Crippen LogP contribution in [0.2, 0.25) is 0 Å². The van der Waals surface area contributed by atoms with Crippen molar-refractivity contribution in [3.63, 3.8) is 0 Å². The average molecular weight is 492 g/mol. The summed E-state index contributed by atoms with van der Waals surface area (Å²) in [5.74, 6) is -1.14. The number of hydrogen-bond acceptors (Lipinski definition) is 6. The van der Waals surface area contributed by atoms with Gasteiger partial charge in [0.2, 0.25) is 0 Å². The summed E-state index contributed by atoms with van der Waals surface area (Å²) in [5, 5.41) is 12.4. The molecule has 1 saturated heterocycles. The maximum atomic E-state index is 12.8. The summed E-state index contributed by atoms with van der Waals surface area (Å²) >= 11 is 1.20. The third kappa shape index (κ3) is 4.77. The number of rotatable bonds is 7. The van der Waals surface area contributed by atoms with Gasteiger partial charge in [-0.2, -0.15) is 0 Å². The fourth-order valence-electron chi connectivity index (χ4n) is 4.95. The minimum Gasteiger partial charge on any atom is -0.481 e. The Bertz CT molecular complexity index is 1230. The van der Waals surface area contributed by atoms with Gasteiger partial charge in [0.1, 0.15) is 16.5 Å². The van der Waals surface area contributed by atoms with Crippen LogP contribution in [0.15, 0.2) is 54.7 Å². The van der Waals surface area contributed by atoms with Crippen LogP contribution in [0.5, 0.6) is 0 Å². The molecule has 5 rings (SSSR count). The van der Waals surface area contributed by atoms with Crippen LogP contribution in [-0.2, 0) is 16.1 Å². The first-order valence-corrected chi connectivity index (χ1v) is 12.4. The van der Waals surface area contributed by atoms with E-state index in [9.17, 15) is 14.4 Å². The van der Waals surface area contributed by atoms with Crippen LogP contribution < -0.4 is 5.32 Å². The zero-order valence-corrected chi connectivity index (χ0v) is 19.8. The molecule has 2 aliphatic rings. The molecule has 1 aromatic heterocycles. The number of fused-ring (bicyclic) bond motifs is 3. The third-order valence-electron chi connectivity index (χ3n) is 6.54. The SMILES string of the molecule is O=C(O)C[C@@H]1CCCN1C(=O)c1cnc(CNC(=O)OCC2c3ccccc3-c3ccccc32)s1. The second-order valence-electron chi connectivity index (χ2n) is 8.69. The predicted molar refractivity (Wildman–Crippen MR) is 130 cm³/mol. The number of aromatic nitrogens is 1. The smallest absolute Gasteiger partial charge is 0.407 e. The summed E-state index contributed by atoms with van der Waals surface area (Å²) in [6.45, 7) is 0.913. The van der Waals surface area contributed by atoms with Gasteiger partial charge in [0, 0.05) is 18.5 Å². The lowest BCUT2D eigenvalue weighted by Crippen LogP contribution is -2.36. The summed E-state index contributed by atoms with van der Waals surface area (Å²) in [4.78, 5) is 42.6. The monoisotopic (exact) mass is 491 g/mol. The van der Waals surface area contributed by atoms with Crippen LogP contribution in [0.25, 0.3) is 11.1 Å². The maximum Gasteiger partial charge on any atom is 0.407 e. The Morgan fingerprint density at radius 1 is 1.09 bits per heavy atom. The van der Waals surface area contributed by atoms with Crippen molar-refractivity contribution in [2.24, 2.45) is 0 Å². The number of carbonyl (C=O) groups is 3. The highest BCUT2D eigenvalue weighted by atomic mass is 32.1. The molecule has 180 valence electrons. The minimum absolute atomic E-state index is 0.0172. The van der Waals surface area contributed by atoms with E-state index < -0.39 is 12.1 Å². The van der Waals surface area contributed by atoms with Crippen molar-refractivity contribution in [3.05, 3.63) is 75.7 Å². The Labute approximate surface area is 206 Å². The second-order valence-corrected chi connectivity index (χ2v) is 9.81. The predicted octanol–water partition coefficient (Wildman–Crippen LogP) is 4.26. The normalized spacial score (nSPS) is 16.6. The number of carboxylic acid groups (broad SMARTS) is 1. The quantitative estimate of drug-likeness (QED) is 0.511. The molecule has 1 aliphatic heterocycles. The molecule has 0 saturated carbocycles. The van der Waals surface area contributed by atoms with Crippen molar-refractivity contribution in [2.45, 2.75) is 37.8 Å². The van der Waals surface area contributed by atoms with Crippen LogP contribution in [0.1, 0.15) is 51.0 Å². The van der Waals surface area contributed by atoms with Crippen LogP contribution in [0.3, 0.4) is 0 Å². The fraction of sp³-hybridized carbons (Fsp3) is 0.308. The number of likely N-dealkylation sites (tertiary alicyclic amines) is 1. The van der Waals surface area contributed by atoms with Crippen molar-refractivity contribution in [1.29, 1.82) is 0 Å². The van der Waals surface area contributed by atoms with Gasteiger partial charge in [0.05, 0.1) is 19.2 Å². The molecule has 3 aromatic rings. The molecule has 0 bridgehead atoms. The molecule has 1 fully saturated rings. The van der Waals surface area contributed by atoms with E-state index in [1.807, 2.05) is 24.3 Å². The van der Waals surface area contributed by atoms with Crippen molar-refractivity contribution >= 4 is 29.3 Å². The molecule has 8 nitrogen and oxygen atoms in total. The number of ether oxygens (including phenoxy) is 1. The highest BCUT2D eigenvalue weighted by Crippen LogP contribution is 2.44. The highest BCUT2D eigenvalue weighted by molar-refractivity contribution is 7.13. The largest absolute Gasteiger partial charge is 0.481 e. The second kappa shape index (κ2) is 9.87. The highest BCUT2D eigenvalue weighted by Gasteiger charge is 2.32. The van der Waals surface area contributed by atoms with Crippen molar-refractivity contribution < 1.29 is 24.2 Å². The summed E-state index contributed by atoms with van der Waals surface area (Å²) in [7, 11) is 0. The number of carboxylic acids is 1. The van der Waals surface area contributed by atoms with Gasteiger partial charge in [-0.05, 0) is 35.1 Å². The first-order valence-electron chi connectivity index (χ1n) is 11.6. The topological polar surface area (TPSA) is 109 Å². The van der Waals surface area contributed by atoms with Crippen LogP contribution in [0, 0.1) is 0 Å². The van der Waals surface area contributed by atoms with Crippen LogP contribution in [0.4, 0.5) is 4.79 Å². The Balaban J connectivity index is 1.16. The molecule has 0 unspecified atom stereocenters. The summed E-state index contributed by atoms with van der Waals surface area (Å²) in [6, 6.07) is 16.0. The number of alkyl carbamates (subject to hydrolysis) is 1. The number of carbonyl (C=O) groups excluding carboxylic acids is 2. The van der Waals surface area contributed by atoms with Crippen LogP contribution >= 0.6 is 11.3 Å². The first-order chi connectivity index (χ1) is 17.0. The van der Waals surface area contributed by atoms with E-state index in [2.05, 4.69) is 34.6 Å². The molecule has 1 aliphatic carbocycles. The number of thiazole rings is 1. The summed E-state index contributed by atoms with van der Waals surface area (Å²) < 4.78 is 5.54. The molecule has 2 heterocycles. The molecular formula is C26H25N3O5S. The van der Waals surface area contributed by atoms with E-state index in [0.29, 0.717) is 22.9 Å². The van der Waals surface area contributed by atoms with E-state index in [0.717, 1.165) is 17.5 Å². The first kappa shape index (κ1) is 23.0. The molecule has 2 amide bonds. The third-order valence-corrected chi connectivity index (χ3v) is 7.53. The van der Waals surface area contributed by atoms with Crippen molar-refractivity contribution in [1.82, 2.24) is 15.2 Å². The van der Waals surface area contributed by atoms with Crippen molar-refractivity contribution in [3.8, 4) is 11.1 Å². The van der Waals surface area contributed by atoms with Gasteiger partial charge in [-0.25, -0.2) is 9.78 Å². The Morgan fingerprint density at radius 2 is 1.77 bits per heavy atom. The fourth-order valence-corrected chi connectivity index (χ4v) is 5.76. The van der Waals surface area contributed by atoms with Gasteiger partial charge in [-0.1, -0.05) is 48.5 Å². The number of nitrogens with one attached hydrogen (secondary N) is 1. The van der Waals surface area contributed by atoms with Gasteiger partial charge < -0.3 is 20.1 Å². The summed E-state index contributed by atoms with van der Waals surface area (Å²) in [5.41, 5.74) is 4.63. The Hall–Kier alpha value is -3.72. The van der Waals surface area contributed by atoms with E-state index in [1.54, 1.807) is 4.90 Å². The van der Waals surface area contributed by atoms with E-state index in [-0.39, 0.29) is 37.4 Å². The van der Waals surface area contributed by atoms with Gasteiger partial charge in [-0.15, -0.1) is 11.3 Å². The molecular weight excluding hydrogens is 466 g/mol. The van der Waals surface area contributed by atoms with Gasteiger partial charge in [-0.3, -0.25) is 9.59 Å². The molecule has 35 heavy (non-hydrogen) atoms. The Morgan fingerprint density at radius 3 is 2.46 bits per heavy atom. The zero-order valence-electron chi connectivity index (χ0n) is 19.0. The summed E-state index contributed by atoms with van der Waals surface area (Å²) in [6.07, 6.45) is 2.36.